The van der Waals surface area contributed by atoms with Crippen LogP contribution in [0.1, 0.15) is 0 Å². The van der Waals surface area contributed by atoms with Crippen LogP contribution in [-0.4, -0.2) is 10.9 Å². The van der Waals surface area contributed by atoms with Crippen LogP contribution in [0.15, 0.2) is 22.8 Å². The van der Waals surface area contributed by atoms with Gasteiger partial charge in [0.15, 0.2) is 0 Å². The Labute approximate surface area is 53.9 Å². The van der Waals surface area contributed by atoms with Gasteiger partial charge in [0, 0.05) is 0 Å². The van der Waals surface area contributed by atoms with Gasteiger partial charge < -0.3 is 0 Å². The third-order valence-corrected chi connectivity index (χ3v) is 23.9. The third-order valence-electron chi connectivity index (χ3n) is 1.17. The van der Waals surface area contributed by atoms with Crippen LogP contribution in [0.5, 0.6) is 0 Å². The summed E-state index contributed by atoms with van der Waals surface area (Å²) < 4.78 is 0. The van der Waals surface area contributed by atoms with E-state index in [1.165, 1.54) is 0 Å². The molecule has 0 spiro atoms. The second kappa shape index (κ2) is 1.64. The molecule has 2 bridgehead atoms. The van der Waals surface area contributed by atoms with E-state index in [1.54, 1.807) is 0 Å². The Morgan fingerprint density at radius 2 is 1.29 bits per heavy atom. The van der Waals surface area contributed by atoms with Crippen molar-refractivity contribution in [2.24, 2.45) is 0 Å². The summed E-state index contributed by atoms with van der Waals surface area (Å²) in [7, 11) is 0. The fraction of sp³-hybridized carbons (Fsp3) is 0. The Balaban J connectivity index is 2.78. The van der Waals surface area contributed by atoms with Gasteiger partial charge in [-0.05, 0) is 0 Å². The molecule has 0 aliphatic carbocycles. The monoisotopic (exact) mass is 198 g/mol. The van der Waals surface area contributed by atoms with Gasteiger partial charge in [0.1, 0.15) is 0 Å². The minimum atomic E-state index is 0.177. The molecule has 0 saturated carbocycles. The Morgan fingerprint density at radius 3 is 1.43 bits per heavy atom. The van der Waals surface area contributed by atoms with E-state index < -0.39 is 0 Å². The molecule has 2 aliphatic heterocycles. The van der Waals surface area contributed by atoms with Gasteiger partial charge in [-0.3, -0.25) is 0 Å². The molecule has 3 heteroatoms. The maximum atomic E-state index is 2.52. The van der Waals surface area contributed by atoms with Crippen LogP contribution in [0.25, 0.3) is 0 Å². The van der Waals surface area contributed by atoms with Crippen LogP contribution < -0.4 is 0 Å². The van der Waals surface area contributed by atoms with Crippen LogP contribution in [0.2, 0.25) is 0 Å². The molecule has 2 rings (SSSR count). The molecule has 2 heterocycles. The van der Waals surface area contributed by atoms with Gasteiger partial charge in [-0.1, -0.05) is 0 Å². The number of hydrogen-bond acceptors (Lipinski definition) is 0. The van der Waals surface area contributed by atoms with Gasteiger partial charge >= 0.3 is 54.1 Å². The predicted molar refractivity (Wildman–Crippen MR) is 29.8 cm³/mol. The molecule has 0 unspecified atom stereocenters. The van der Waals surface area contributed by atoms with Crippen molar-refractivity contribution in [2.45, 2.75) is 0 Å². The summed E-state index contributed by atoms with van der Waals surface area (Å²) in [6, 6.07) is 0. The molecule has 0 atom stereocenters. The van der Waals surface area contributed by atoms with Gasteiger partial charge in [-0.25, -0.2) is 0 Å². The molecule has 0 amide bonds. The SMILES string of the molecule is C1=C[Si]2=[Zr]=[Si]1C=C2. The Hall–Kier alpha value is 0.797. The van der Waals surface area contributed by atoms with E-state index in [-0.39, 0.29) is 31.3 Å². The Morgan fingerprint density at radius 1 is 0.857 bits per heavy atom. The molecule has 7 heavy (non-hydrogen) atoms. The molecule has 0 saturated heterocycles. The van der Waals surface area contributed by atoms with E-state index in [0.29, 0.717) is 0 Å². The van der Waals surface area contributed by atoms with Crippen LogP contribution in [-0.2, 0) is 20.5 Å². The van der Waals surface area contributed by atoms with Crippen molar-refractivity contribution in [1.82, 2.24) is 0 Å². The van der Waals surface area contributed by atoms with E-state index in [2.05, 4.69) is 22.8 Å². The third kappa shape index (κ3) is 0.714. The summed E-state index contributed by atoms with van der Waals surface area (Å²) >= 11 is 0.243. The first kappa shape index (κ1) is 4.65. The fourth-order valence-corrected chi connectivity index (χ4v) is 28.7. The molecule has 0 radical (unpaired) electrons. The maximum absolute atomic E-state index is 2.52. The van der Waals surface area contributed by atoms with Crippen LogP contribution in [0.4, 0.5) is 0 Å². The van der Waals surface area contributed by atoms with Gasteiger partial charge in [0.2, 0.25) is 0 Å². The molecule has 0 fully saturated rings. The summed E-state index contributed by atoms with van der Waals surface area (Å²) in [6.07, 6.45) is 0. The zero-order chi connectivity index (χ0) is 4.69. The standard InChI is InChI=1S/C4H4Si2.Zr/c1-2-6-4-3-5-1;/h1-4H;. The molecule has 0 nitrogen and oxygen atoms in total. The van der Waals surface area contributed by atoms with Crippen molar-refractivity contribution in [3.63, 3.8) is 0 Å². The normalized spacial score (nSPS) is 20.6. The van der Waals surface area contributed by atoms with Crippen LogP contribution in [0.3, 0.4) is 0 Å². The molecule has 32 valence electrons. The van der Waals surface area contributed by atoms with E-state index in [0.717, 1.165) is 0 Å². The molecule has 0 aromatic heterocycles. The summed E-state index contributed by atoms with van der Waals surface area (Å²) in [5.74, 6) is 0. The quantitative estimate of drug-likeness (QED) is 0.494. The molecule has 0 aromatic carbocycles. The van der Waals surface area contributed by atoms with E-state index >= 15 is 0 Å². The summed E-state index contributed by atoms with van der Waals surface area (Å²) in [6.45, 7) is 0. The first-order valence-corrected chi connectivity index (χ1v) is 13.0. The fourth-order valence-electron chi connectivity index (χ4n) is 0.804. The van der Waals surface area contributed by atoms with Crippen molar-refractivity contribution >= 4 is 10.9 Å². The summed E-state index contributed by atoms with van der Waals surface area (Å²) in [5.41, 5.74) is 10.4. The summed E-state index contributed by atoms with van der Waals surface area (Å²) in [4.78, 5) is 0. The van der Waals surface area contributed by atoms with Crippen molar-refractivity contribution in [2.75, 3.05) is 0 Å². The Kier molecular flexibility index (Phi) is 1.09. The second-order valence-corrected chi connectivity index (χ2v) is 19.9. The van der Waals surface area contributed by atoms with Crippen molar-refractivity contribution in [3.05, 3.63) is 22.8 Å². The molecule has 0 N–H and O–H groups in total. The van der Waals surface area contributed by atoms with Crippen LogP contribution >= 0.6 is 0 Å². The van der Waals surface area contributed by atoms with E-state index in [9.17, 15) is 0 Å². The predicted octanol–water partition coefficient (Wildman–Crippen LogP) is 0.348. The zero-order valence-electron chi connectivity index (χ0n) is 3.81. The average molecular weight is 199 g/mol. The van der Waals surface area contributed by atoms with Crippen LogP contribution in [0, 0.1) is 0 Å². The van der Waals surface area contributed by atoms with Gasteiger partial charge in [-0.15, -0.1) is 0 Å². The molecule has 2 aliphatic rings. The summed E-state index contributed by atoms with van der Waals surface area (Å²) in [5, 5.41) is 0. The van der Waals surface area contributed by atoms with E-state index in [1.807, 2.05) is 0 Å². The first-order valence-electron chi connectivity index (χ1n) is 2.32. The van der Waals surface area contributed by atoms with Crippen molar-refractivity contribution in [1.29, 1.82) is 0 Å². The minimum absolute atomic E-state index is 0.177. The number of hydrogen-bond donors (Lipinski definition) is 0. The second-order valence-electron chi connectivity index (χ2n) is 1.70. The first-order chi connectivity index (χ1) is 3.45. The molecular weight excluding hydrogens is 195 g/mol. The van der Waals surface area contributed by atoms with Gasteiger partial charge in [0.05, 0.1) is 0 Å². The Bertz CT molecular complexity index is 192. The molecule has 0 aromatic rings. The average Bonchev–Trinajstić information content (AvgIpc) is 2.22. The molecular formula is C4H4Si2Zr. The zero-order valence-corrected chi connectivity index (χ0v) is 8.27. The van der Waals surface area contributed by atoms with Gasteiger partial charge in [-0.2, -0.15) is 0 Å². The van der Waals surface area contributed by atoms with Crippen molar-refractivity contribution < 1.29 is 20.5 Å². The number of rotatable bonds is 0. The van der Waals surface area contributed by atoms with Crippen molar-refractivity contribution in [3.8, 4) is 0 Å². The van der Waals surface area contributed by atoms with Gasteiger partial charge in [0.25, 0.3) is 0 Å². The van der Waals surface area contributed by atoms with E-state index in [4.69, 9.17) is 0 Å². The topological polar surface area (TPSA) is 0 Å².